The molecular weight excluding hydrogens is 340 g/mol. The molecule has 0 saturated heterocycles. The average molecular weight is 356 g/mol. The van der Waals surface area contributed by atoms with Crippen molar-refractivity contribution in [1.82, 2.24) is 0 Å². The maximum Gasteiger partial charge on any atom is 0.266 e. The van der Waals surface area contributed by atoms with E-state index >= 15 is 0 Å². The highest BCUT2D eigenvalue weighted by Crippen LogP contribution is 2.29. The van der Waals surface area contributed by atoms with E-state index in [1.165, 1.54) is 12.1 Å². The zero-order chi connectivity index (χ0) is 19.0. The van der Waals surface area contributed by atoms with E-state index in [-0.39, 0.29) is 17.4 Å². The highest BCUT2D eigenvalue weighted by Gasteiger charge is 2.37. The molecule has 0 unspecified atom stereocenters. The average Bonchev–Trinajstić information content (AvgIpc) is 2.92. The second-order valence-corrected chi connectivity index (χ2v) is 6.37. The molecule has 27 heavy (non-hydrogen) atoms. The third kappa shape index (κ3) is 3.00. The second kappa shape index (κ2) is 6.53. The lowest BCUT2D eigenvalue weighted by Crippen LogP contribution is -2.29. The number of nitrogens with one attached hydrogen (secondary N) is 1. The number of aryl methyl sites for hydroxylation is 1. The van der Waals surface area contributed by atoms with Crippen molar-refractivity contribution in [1.29, 1.82) is 0 Å². The molecule has 5 heteroatoms. The van der Waals surface area contributed by atoms with Gasteiger partial charge in [0.25, 0.3) is 17.7 Å². The molecule has 4 rings (SSSR count). The standard InChI is InChI=1S/C22H16N2O3/c1-14-6-5-7-16(12-14)23-20(25)15-10-11-18-19(13-15)22(27)24(21(18)26)17-8-3-2-4-9-17/h2-13H,1H3,(H,23,25). The van der Waals surface area contributed by atoms with Crippen LogP contribution in [0.1, 0.15) is 36.6 Å². The molecule has 0 atom stereocenters. The largest absolute Gasteiger partial charge is 0.322 e. The Kier molecular flexibility index (Phi) is 4.05. The van der Waals surface area contributed by atoms with Gasteiger partial charge in [-0.15, -0.1) is 0 Å². The second-order valence-electron chi connectivity index (χ2n) is 6.37. The molecule has 3 aromatic rings. The Hall–Kier alpha value is -3.73. The van der Waals surface area contributed by atoms with Crippen molar-refractivity contribution >= 4 is 29.1 Å². The number of para-hydroxylation sites is 1. The summed E-state index contributed by atoms with van der Waals surface area (Å²) in [6, 6.07) is 20.8. The van der Waals surface area contributed by atoms with Crippen LogP contribution < -0.4 is 10.2 Å². The minimum Gasteiger partial charge on any atom is -0.322 e. The number of carbonyl (C=O) groups is 3. The van der Waals surface area contributed by atoms with Crippen LogP contribution in [0.3, 0.4) is 0 Å². The first-order valence-electron chi connectivity index (χ1n) is 8.50. The van der Waals surface area contributed by atoms with Crippen LogP contribution in [0.4, 0.5) is 11.4 Å². The maximum atomic E-state index is 12.8. The molecule has 0 aliphatic carbocycles. The highest BCUT2D eigenvalue weighted by atomic mass is 16.2. The van der Waals surface area contributed by atoms with Crippen LogP contribution in [0.15, 0.2) is 72.8 Å². The third-order valence-electron chi connectivity index (χ3n) is 4.44. The van der Waals surface area contributed by atoms with Crippen LogP contribution in [0.5, 0.6) is 0 Å². The molecule has 132 valence electrons. The summed E-state index contributed by atoms with van der Waals surface area (Å²) < 4.78 is 0. The van der Waals surface area contributed by atoms with E-state index in [1.807, 2.05) is 31.2 Å². The van der Waals surface area contributed by atoms with Gasteiger partial charge in [-0.2, -0.15) is 0 Å². The van der Waals surface area contributed by atoms with Gasteiger partial charge in [-0.05, 0) is 55.0 Å². The van der Waals surface area contributed by atoms with Gasteiger partial charge in [0.2, 0.25) is 0 Å². The van der Waals surface area contributed by atoms with E-state index in [4.69, 9.17) is 0 Å². The van der Waals surface area contributed by atoms with Gasteiger partial charge in [-0.3, -0.25) is 14.4 Å². The molecule has 1 heterocycles. The molecule has 1 N–H and O–H groups in total. The maximum absolute atomic E-state index is 12.8. The Morgan fingerprint density at radius 3 is 2.30 bits per heavy atom. The zero-order valence-corrected chi connectivity index (χ0v) is 14.6. The Morgan fingerprint density at radius 1 is 0.815 bits per heavy atom. The molecule has 5 nitrogen and oxygen atoms in total. The number of fused-ring (bicyclic) bond motifs is 1. The van der Waals surface area contributed by atoms with Crippen molar-refractivity contribution in [2.45, 2.75) is 6.92 Å². The van der Waals surface area contributed by atoms with Gasteiger partial charge in [0, 0.05) is 11.3 Å². The molecule has 0 saturated carbocycles. The monoisotopic (exact) mass is 356 g/mol. The van der Waals surface area contributed by atoms with E-state index in [0.29, 0.717) is 22.5 Å². The Balaban J connectivity index is 1.64. The molecule has 1 aliphatic heterocycles. The number of benzene rings is 3. The molecule has 3 amide bonds. The molecule has 0 fully saturated rings. The number of hydrogen-bond acceptors (Lipinski definition) is 3. The third-order valence-corrected chi connectivity index (χ3v) is 4.44. The first-order valence-corrected chi connectivity index (χ1v) is 8.50. The number of nitrogens with zero attached hydrogens (tertiary/aromatic N) is 1. The first-order chi connectivity index (χ1) is 13.0. The lowest BCUT2D eigenvalue weighted by molar-refractivity contribution is 0.0925. The fourth-order valence-electron chi connectivity index (χ4n) is 3.12. The fourth-order valence-corrected chi connectivity index (χ4v) is 3.12. The predicted molar refractivity (Wildman–Crippen MR) is 103 cm³/mol. The lowest BCUT2D eigenvalue weighted by Gasteiger charge is -2.13. The van der Waals surface area contributed by atoms with Crippen molar-refractivity contribution < 1.29 is 14.4 Å². The van der Waals surface area contributed by atoms with Gasteiger partial charge in [-0.1, -0.05) is 30.3 Å². The summed E-state index contributed by atoms with van der Waals surface area (Å²) in [6.45, 7) is 1.94. The zero-order valence-electron chi connectivity index (χ0n) is 14.6. The number of amides is 3. The molecule has 0 bridgehead atoms. The number of anilines is 2. The highest BCUT2D eigenvalue weighted by molar-refractivity contribution is 6.34. The Morgan fingerprint density at radius 2 is 1.56 bits per heavy atom. The van der Waals surface area contributed by atoms with Crippen LogP contribution in [0.2, 0.25) is 0 Å². The van der Waals surface area contributed by atoms with Crippen molar-refractivity contribution in [3.63, 3.8) is 0 Å². The van der Waals surface area contributed by atoms with Gasteiger partial charge in [0.1, 0.15) is 0 Å². The van der Waals surface area contributed by atoms with Crippen molar-refractivity contribution in [2.75, 3.05) is 10.2 Å². The molecular formula is C22H16N2O3. The number of carbonyl (C=O) groups excluding carboxylic acids is 3. The summed E-state index contributed by atoms with van der Waals surface area (Å²) in [5, 5.41) is 2.81. The van der Waals surface area contributed by atoms with Crippen LogP contribution >= 0.6 is 0 Å². The minimum atomic E-state index is -0.425. The van der Waals surface area contributed by atoms with E-state index in [2.05, 4.69) is 5.32 Å². The van der Waals surface area contributed by atoms with Crippen LogP contribution in [0, 0.1) is 6.92 Å². The molecule has 3 aromatic carbocycles. The number of rotatable bonds is 3. The summed E-state index contributed by atoms with van der Waals surface area (Å²) in [7, 11) is 0. The van der Waals surface area contributed by atoms with E-state index in [1.54, 1.807) is 36.4 Å². The van der Waals surface area contributed by atoms with Crippen LogP contribution in [-0.2, 0) is 0 Å². The minimum absolute atomic E-state index is 0.237. The summed E-state index contributed by atoms with van der Waals surface area (Å²) in [4.78, 5) is 39.1. The summed E-state index contributed by atoms with van der Waals surface area (Å²) in [5.74, 6) is -1.14. The summed E-state index contributed by atoms with van der Waals surface area (Å²) in [5.41, 5.74) is 3.08. The van der Waals surface area contributed by atoms with Gasteiger partial charge in [0.15, 0.2) is 0 Å². The Bertz CT molecular complexity index is 1070. The summed E-state index contributed by atoms with van der Waals surface area (Å²) >= 11 is 0. The van der Waals surface area contributed by atoms with Gasteiger partial charge >= 0.3 is 0 Å². The smallest absolute Gasteiger partial charge is 0.266 e. The van der Waals surface area contributed by atoms with E-state index < -0.39 is 5.91 Å². The lowest BCUT2D eigenvalue weighted by atomic mass is 10.1. The van der Waals surface area contributed by atoms with E-state index in [9.17, 15) is 14.4 Å². The van der Waals surface area contributed by atoms with Crippen LogP contribution in [0.25, 0.3) is 0 Å². The van der Waals surface area contributed by atoms with Crippen molar-refractivity contribution in [2.24, 2.45) is 0 Å². The number of hydrogen-bond donors (Lipinski definition) is 1. The van der Waals surface area contributed by atoms with Gasteiger partial charge in [-0.25, -0.2) is 4.90 Å². The topological polar surface area (TPSA) is 66.5 Å². The quantitative estimate of drug-likeness (QED) is 0.720. The van der Waals surface area contributed by atoms with Crippen molar-refractivity contribution in [3.8, 4) is 0 Å². The first kappa shape index (κ1) is 16.7. The molecule has 0 radical (unpaired) electrons. The predicted octanol–water partition coefficient (Wildman–Crippen LogP) is 4.05. The van der Waals surface area contributed by atoms with Crippen molar-refractivity contribution in [3.05, 3.63) is 95.1 Å². The van der Waals surface area contributed by atoms with E-state index in [0.717, 1.165) is 10.5 Å². The van der Waals surface area contributed by atoms with Gasteiger partial charge in [0.05, 0.1) is 16.8 Å². The fraction of sp³-hybridized carbons (Fsp3) is 0.0455. The normalized spacial score (nSPS) is 12.9. The van der Waals surface area contributed by atoms with Crippen LogP contribution in [-0.4, -0.2) is 17.7 Å². The number of imide groups is 1. The molecule has 0 aromatic heterocycles. The van der Waals surface area contributed by atoms with Gasteiger partial charge < -0.3 is 5.32 Å². The Labute approximate surface area is 156 Å². The molecule has 0 spiro atoms. The molecule has 1 aliphatic rings. The SMILES string of the molecule is Cc1cccc(NC(=O)c2ccc3c(c2)C(=O)N(c2ccccc2)C3=O)c1. The summed E-state index contributed by atoms with van der Waals surface area (Å²) in [6.07, 6.45) is 0.